The number of phosphoric acid groups is 5. The van der Waals surface area contributed by atoms with E-state index in [1.807, 2.05) is 0 Å². The third-order valence-corrected chi connectivity index (χ3v) is 12.0. The van der Waals surface area contributed by atoms with Crippen molar-refractivity contribution in [3.8, 4) is 28.7 Å². The summed E-state index contributed by atoms with van der Waals surface area (Å²) in [5.74, 6) is -10.2. The van der Waals surface area contributed by atoms with Crippen molar-refractivity contribution in [1.29, 1.82) is 0 Å². The summed E-state index contributed by atoms with van der Waals surface area (Å²) in [4.78, 5) is 263. The quantitative estimate of drug-likeness (QED) is 0.0206. The normalized spacial score (nSPS) is 9.95. The topological polar surface area (TPSA) is 899 Å². The minimum atomic E-state index is -5.11. The van der Waals surface area contributed by atoms with Gasteiger partial charge in [0.25, 0.3) is 0 Å². The van der Waals surface area contributed by atoms with Gasteiger partial charge in [-0.15, -0.1) is 0 Å². The van der Waals surface area contributed by atoms with Crippen LogP contribution in [0.3, 0.4) is 0 Å². The smallest absolute Gasteiger partial charge is 0.165 e. The fraction of sp³-hybridized carbons (Fsp3) is 0.200. The predicted octanol–water partition coefficient (Wildman–Crippen LogP) is -14.1. The van der Waals surface area contributed by atoms with Gasteiger partial charge in [0.2, 0.25) is 0 Å². The Bertz CT molecular complexity index is 3520. The molecule has 0 spiro atoms. The van der Waals surface area contributed by atoms with Crippen molar-refractivity contribution >= 4 is 132 Å². The van der Waals surface area contributed by atoms with Gasteiger partial charge >= 0.3 is 0 Å². The summed E-state index contributed by atoms with van der Waals surface area (Å²) in [6, 6.07) is 0. The molecule has 5 aromatic rings. The minimum Gasteiger partial charge on any atom is -0.790 e. The number of aromatic nitrogens is 5. The van der Waals surface area contributed by atoms with Crippen LogP contribution in [-0.4, -0.2) is 143 Å². The van der Waals surface area contributed by atoms with Crippen LogP contribution in [0.5, 0.6) is 28.7 Å². The number of hydrogen-bond acceptors (Lipinski definition) is 50. The summed E-state index contributed by atoms with van der Waals surface area (Å²) in [7, 11) is -25.6. The van der Waals surface area contributed by atoms with Gasteiger partial charge in [-0.3, -0.25) is 72.9 Å². The van der Waals surface area contributed by atoms with E-state index in [4.69, 9.17) is 73.5 Å². The Morgan fingerprint density at radius 3 is 0.472 bits per heavy atom. The number of pyridine rings is 5. The Morgan fingerprint density at radius 1 is 0.296 bits per heavy atom. The number of carboxylic acid groups (broad SMARTS) is 5. The van der Waals surface area contributed by atoms with Gasteiger partial charge in [0, 0.05) is 114 Å². The van der Waals surface area contributed by atoms with Gasteiger partial charge < -0.3 is 169 Å². The number of phosphoric ester groups is 5. The van der Waals surface area contributed by atoms with Crippen molar-refractivity contribution in [1.82, 2.24) is 24.9 Å². The Labute approximate surface area is 638 Å². The van der Waals surface area contributed by atoms with E-state index in [1.165, 1.54) is 34.6 Å². The molecule has 5 aromatic heterocycles. The standard InChI is InChI=1S/5C8H10NO6P.5C2H2O3.3V/c5*1-5-8(11)7(3-10)6(2-9-5)4-15-16(12,13)14;5*3-1-2(4)5;;;/h5*2-3,11H,4H2,1H3,(H2,12,13,14);5*1H,(H,4,5);;;/p-15. The largest absolute Gasteiger partial charge is 0.790 e. The number of carbonyl (C=O) groups excluding carboxylic acids is 15. The maximum absolute atomic E-state index is 10.7. The van der Waals surface area contributed by atoms with Crippen LogP contribution in [0.25, 0.3) is 0 Å². The molecule has 5 heterocycles. The second kappa shape index (κ2) is 58.2. The van der Waals surface area contributed by atoms with E-state index in [-0.39, 0.29) is 200 Å². The molecule has 5 rings (SSSR count). The number of aldehydes is 10. The molecule has 595 valence electrons. The van der Waals surface area contributed by atoms with Crippen LogP contribution in [0.15, 0.2) is 31.0 Å². The van der Waals surface area contributed by atoms with E-state index >= 15 is 0 Å². The van der Waals surface area contributed by atoms with Crippen molar-refractivity contribution in [2.45, 2.75) is 67.7 Å². The third-order valence-electron chi connectivity index (χ3n) is 9.75. The first kappa shape index (κ1) is 115. The van der Waals surface area contributed by atoms with Gasteiger partial charge in [-0.2, -0.15) is 0 Å². The average molecular weight is 1740 g/mol. The minimum absolute atomic E-state index is 0. The Hall–Kier alpha value is -8.90. The molecule has 5 N–H and O–H groups in total. The van der Waals surface area contributed by atoms with Crippen LogP contribution in [0.1, 0.15) is 108 Å². The van der Waals surface area contributed by atoms with Crippen molar-refractivity contribution in [3.63, 3.8) is 0 Å². The van der Waals surface area contributed by atoms with E-state index in [2.05, 4.69) is 47.5 Å². The zero-order valence-corrected chi connectivity index (χ0v) is 62.7. The number of hydrogen-bond donors (Lipinski definition) is 5. The maximum atomic E-state index is 10.7. The van der Waals surface area contributed by atoms with Crippen LogP contribution in [0.2, 0.25) is 0 Å². The molecule has 50 nitrogen and oxygen atoms in total. The first-order chi connectivity index (χ1) is 48.1. The molecule has 0 aliphatic rings. The van der Waals surface area contributed by atoms with Gasteiger partial charge in [-0.25, -0.2) is 0 Å². The molecule has 0 unspecified atom stereocenters. The summed E-state index contributed by atoms with van der Waals surface area (Å²) in [6.07, 6.45) is 6.10. The molecule has 0 aliphatic carbocycles. The molecule has 0 atom stereocenters. The van der Waals surface area contributed by atoms with Gasteiger partial charge in [0.15, 0.2) is 62.9 Å². The molecule has 108 heavy (non-hydrogen) atoms. The van der Waals surface area contributed by atoms with Gasteiger partial charge in [0.1, 0.15) is 58.6 Å². The molecule has 0 aromatic carbocycles. The summed E-state index contributed by atoms with van der Waals surface area (Å²) in [5.41, 5.74) is 0.575. The molecule has 0 fully saturated rings. The number of aliphatic carboxylic acids is 5. The number of nitrogens with zero attached hydrogens (tertiary/aromatic N) is 5. The second-order valence-electron chi connectivity index (χ2n) is 17.0. The zero-order valence-electron chi connectivity index (χ0n) is 54.1. The van der Waals surface area contributed by atoms with Crippen molar-refractivity contribution in [3.05, 3.63) is 115 Å². The Balaban J connectivity index is -0.000000177. The molecular formula is C50H45N5O45P5V3-15. The molecule has 3 radical (unpaired) electrons. The molecule has 0 saturated carbocycles. The monoisotopic (exact) mass is 1740 g/mol. The summed E-state index contributed by atoms with van der Waals surface area (Å²) < 4.78 is 71.1. The fourth-order valence-electron chi connectivity index (χ4n) is 5.24. The zero-order chi connectivity index (χ0) is 83.1. The Kier molecular flexibility index (Phi) is 61.9. The van der Waals surface area contributed by atoms with E-state index in [1.54, 1.807) is 0 Å². The third kappa shape index (κ3) is 56.4. The molecule has 0 saturated heterocycles. The summed E-state index contributed by atoms with van der Waals surface area (Å²) in [6.45, 7) is 4.23. The number of carboxylic acids is 5. The number of aromatic hydroxyl groups is 5. The summed E-state index contributed by atoms with van der Waals surface area (Å²) >= 11 is 0. The van der Waals surface area contributed by atoms with Crippen LogP contribution in [0.4, 0.5) is 0 Å². The van der Waals surface area contributed by atoms with E-state index in [0.29, 0.717) is 31.4 Å². The van der Waals surface area contributed by atoms with Crippen LogP contribution < -0.4 is 74.5 Å². The molecule has 0 bridgehead atoms. The first-order valence-electron chi connectivity index (χ1n) is 25.4. The second-order valence-corrected chi connectivity index (χ2v) is 22.8. The van der Waals surface area contributed by atoms with E-state index < -0.39 is 102 Å². The average Bonchev–Trinajstić information content (AvgIpc) is 0.867. The molecule has 0 aliphatic heterocycles. The predicted molar refractivity (Wildman–Crippen MR) is 297 cm³/mol. The Morgan fingerprint density at radius 2 is 0.398 bits per heavy atom. The number of aryl methyl sites for hydroxylation is 5. The van der Waals surface area contributed by atoms with Crippen LogP contribution in [-0.2, 0) is 182 Å². The van der Waals surface area contributed by atoms with Crippen molar-refractivity contribution in [2.24, 2.45) is 0 Å². The van der Waals surface area contributed by atoms with Gasteiger partial charge in [-0.1, -0.05) is 0 Å². The molecular weight excluding hydrogens is 1700 g/mol. The van der Waals surface area contributed by atoms with Gasteiger partial charge in [-0.05, 0) is 34.6 Å². The van der Waals surface area contributed by atoms with E-state index in [9.17, 15) is 121 Å². The van der Waals surface area contributed by atoms with E-state index in [0.717, 1.165) is 31.0 Å². The number of carbonyl (C=O) groups is 15. The number of rotatable bonds is 25. The van der Waals surface area contributed by atoms with Gasteiger partial charge in [0.05, 0.1) is 128 Å². The first-order valence-corrected chi connectivity index (χ1v) is 32.7. The van der Waals surface area contributed by atoms with Crippen LogP contribution >= 0.6 is 39.1 Å². The van der Waals surface area contributed by atoms with Crippen LogP contribution in [0, 0.1) is 34.6 Å². The maximum Gasteiger partial charge on any atom is 0.165 e. The SMILES string of the molecule is Cc1ncc(COP(=O)([O-])[O-])c(C=O)c1O.Cc1ncc(COP(=O)([O-])[O-])c(C=O)c1O.Cc1ncc(COP(=O)([O-])[O-])c(C=O)c1O.Cc1ncc(COP(=O)([O-])[O-])c(C=O)c1O.Cc1ncc(COP(=O)([O-])[O-])c(C=O)c1O.O=CC(=O)[O-].O=CC(=O)[O-].O=CC(=O)[O-].O=CC(=O)[O-].O=CC(=O)[O-].[V].[V].[V]. The molecule has 0 amide bonds. The molecule has 58 heteroatoms. The van der Waals surface area contributed by atoms with Crippen molar-refractivity contribution < 1.29 is 273 Å². The summed E-state index contributed by atoms with van der Waals surface area (Å²) in [5, 5.41) is 91.6. The van der Waals surface area contributed by atoms with Crippen molar-refractivity contribution in [2.75, 3.05) is 0 Å². The fourth-order valence-corrected chi connectivity index (χ4v) is 6.72.